The number of benzene rings is 2. The summed E-state index contributed by atoms with van der Waals surface area (Å²) in [6, 6.07) is 16.5. The average molecular weight is 413 g/mol. The summed E-state index contributed by atoms with van der Waals surface area (Å²) in [6.07, 6.45) is 0. The second kappa shape index (κ2) is 10.8. The fraction of sp³-hybridized carbons (Fsp3) is 0.391. The highest BCUT2D eigenvalue weighted by molar-refractivity contribution is 5.91. The quantitative estimate of drug-likeness (QED) is 0.682. The number of ether oxygens (including phenoxy) is 2. The molecule has 160 valence electrons. The Kier molecular flexibility index (Phi) is 7.82. The van der Waals surface area contributed by atoms with Gasteiger partial charge >= 0.3 is 0 Å². The number of amides is 2. The Labute approximate surface area is 177 Å². The highest BCUT2D eigenvalue weighted by Gasteiger charge is 2.35. The summed E-state index contributed by atoms with van der Waals surface area (Å²) in [6.45, 7) is 5.09. The summed E-state index contributed by atoms with van der Waals surface area (Å²) < 4.78 is 10.5. The van der Waals surface area contributed by atoms with Crippen LogP contribution in [0.5, 0.6) is 5.75 Å². The minimum atomic E-state index is -0.434. The van der Waals surface area contributed by atoms with Crippen LogP contribution in [0.2, 0.25) is 0 Å². The molecule has 30 heavy (non-hydrogen) atoms. The molecule has 0 bridgehead atoms. The maximum absolute atomic E-state index is 13.4. The highest BCUT2D eigenvalue weighted by Crippen LogP contribution is 2.16. The fourth-order valence-electron chi connectivity index (χ4n) is 3.68. The molecule has 7 heteroatoms. The number of anilines is 1. The number of morpholine rings is 1. The SMILES string of the molecule is CC[NH+](CC(=O)Nc1ccc(OC)cc1)[C@@H](C(=O)N1CCOCC1)c1ccccc1. The lowest BCUT2D eigenvalue weighted by Gasteiger charge is -2.33. The number of nitrogens with zero attached hydrogens (tertiary/aromatic N) is 1. The summed E-state index contributed by atoms with van der Waals surface area (Å²) in [4.78, 5) is 28.9. The molecule has 2 aromatic carbocycles. The van der Waals surface area contributed by atoms with Crippen LogP contribution in [0.4, 0.5) is 5.69 Å². The number of carbonyl (C=O) groups is 2. The van der Waals surface area contributed by atoms with Gasteiger partial charge in [-0.15, -0.1) is 0 Å². The summed E-state index contributed by atoms with van der Waals surface area (Å²) >= 11 is 0. The van der Waals surface area contributed by atoms with E-state index in [2.05, 4.69) is 5.32 Å². The number of quaternary nitrogens is 1. The van der Waals surface area contributed by atoms with E-state index >= 15 is 0 Å². The number of hydrogen-bond donors (Lipinski definition) is 2. The lowest BCUT2D eigenvalue weighted by molar-refractivity contribution is -0.912. The minimum absolute atomic E-state index is 0.0404. The maximum Gasteiger partial charge on any atom is 0.285 e. The number of carbonyl (C=O) groups excluding carboxylic acids is 2. The molecule has 2 N–H and O–H groups in total. The molecule has 7 nitrogen and oxygen atoms in total. The van der Waals surface area contributed by atoms with Crippen LogP contribution in [0, 0.1) is 0 Å². The van der Waals surface area contributed by atoms with Crippen LogP contribution >= 0.6 is 0 Å². The summed E-state index contributed by atoms with van der Waals surface area (Å²) in [5, 5.41) is 2.92. The Morgan fingerprint density at radius 1 is 1.10 bits per heavy atom. The van der Waals surface area contributed by atoms with Crippen molar-refractivity contribution < 1.29 is 24.0 Å². The van der Waals surface area contributed by atoms with Crippen LogP contribution in [0.25, 0.3) is 0 Å². The van der Waals surface area contributed by atoms with Crippen LogP contribution in [0.3, 0.4) is 0 Å². The lowest BCUT2D eigenvalue weighted by atomic mass is 10.0. The first-order valence-corrected chi connectivity index (χ1v) is 10.3. The molecule has 1 fully saturated rings. The van der Waals surface area contributed by atoms with Gasteiger partial charge in [0, 0.05) is 24.3 Å². The average Bonchev–Trinajstić information content (AvgIpc) is 2.80. The molecule has 1 heterocycles. The number of nitrogens with one attached hydrogen (secondary N) is 2. The highest BCUT2D eigenvalue weighted by atomic mass is 16.5. The first-order chi connectivity index (χ1) is 14.6. The Morgan fingerprint density at radius 3 is 2.37 bits per heavy atom. The number of likely N-dealkylation sites (N-methyl/N-ethyl adjacent to an activating group) is 1. The monoisotopic (exact) mass is 412 g/mol. The van der Waals surface area contributed by atoms with Crippen molar-refractivity contribution in [3.05, 3.63) is 60.2 Å². The molecule has 1 aliphatic heterocycles. The van der Waals surface area contributed by atoms with Gasteiger partial charge in [-0.25, -0.2) is 0 Å². The van der Waals surface area contributed by atoms with Crippen molar-refractivity contribution in [2.75, 3.05) is 51.8 Å². The second-order valence-electron chi connectivity index (χ2n) is 7.25. The molecule has 0 radical (unpaired) electrons. The van der Waals surface area contributed by atoms with Gasteiger partial charge in [0.25, 0.3) is 11.8 Å². The molecule has 2 atom stereocenters. The largest absolute Gasteiger partial charge is 0.497 e. The van der Waals surface area contributed by atoms with Gasteiger partial charge in [0.2, 0.25) is 0 Å². The predicted molar refractivity (Wildman–Crippen MR) is 115 cm³/mol. The molecule has 1 unspecified atom stereocenters. The Morgan fingerprint density at radius 2 is 1.77 bits per heavy atom. The number of methoxy groups -OCH3 is 1. The van der Waals surface area contributed by atoms with E-state index in [0.29, 0.717) is 38.5 Å². The zero-order valence-electron chi connectivity index (χ0n) is 17.6. The van der Waals surface area contributed by atoms with Gasteiger partial charge in [0.15, 0.2) is 12.6 Å². The van der Waals surface area contributed by atoms with Crippen molar-refractivity contribution in [3.63, 3.8) is 0 Å². The van der Waals surface area contributed by atoms with Gasteiger partial charge in [-0.05, 0) is 31.2 Å². The first-order valence-electron chi connectivity index (χ1n) is 10.3. The van der Waals surface area contributed by atoms with Crippen LogP contribution < -0.4 is 15.0 Å². The van der Waals surface area contributed by atoms with Gasteiger partial charge in [0.1, 0.15) is 5.75 Å². The third kappa shape index (κ3) is 5.58. The van der Waals surface area contributed by atoms with Crippen molar-refractivity contribution in [3.8, 4) is 5.75 Å². The summed E-state index contributed by atoms with van der Waals surface area (Å²) in [5.74, 6) is 0.639. The molecular formula is C23H30N3O4+. The summed E-state index contributed by atoms with van der Waals surface area (Å²) in [5.41, 5.74) is 1.62. The molecule has 1 saturated heterocycles. The molecule has 1 aliphatic rings. The Balaban J connectivity index is 1.75. The van der Waals surface area contributed by atoms with Crippen LogP contribution in [-0.4, -0.2) is 63.2 Å². The smallest absolute Gasteiger partial charge is 0.285 e. The van der Waals surface area contributed by atoms with Crippen LogP contribution in [0.1, 0.15) is 18.5 Å². The maximum atomic E-state index is 13.4. The number of hydrogen-bond acceptors (Lipinski definition) is 4. The van der Waals surface area contributed by atoms with Gasteiger partial charge in [-0.1, -0.05) is 30.3 Å². The first kappa shape index (κ1) is 21.8. The van der Waals surface area contributed by atoms with Crippen LogP contribution in [0.15, 0.2) is 54.6 Å². The third-order valence-corrected chi connectivity index (χ3v) is 5.33. The zero-order valence-corrected chi connectivity index (χ0v) is 17.6. The van der Waals surface area contributed by atoms with Crippen molar-refractivity contribution >= 4 is 17.5 Å². The molecule has 3 rings (SSSR count). The third-order valence-electron chi connectivity index (χ3n) is 5.33. The Bertz CT molecular complexity index is 820. The van der Waals surface area contributed by atoms with E-state index in [-0.39, 0.29) is 18.4 Å². The fourth-order valence-corrected chi connectivity index (χ4v) is 3.68. The molecular weight excluding hydrogens is 382 g/mol. The second-order valence-corrected chi connectivity index (χ2v) is 7.25. The molecule has 2 aromatic rings. The number of rotatable bonds is 8. The molecule has 0 aliphatic carbocycles. The van der Waals surface area contributed by atoms with E-state index < -0.39 is 6.04 Å². The molecule has 0 saturated carbocycles. The van der Waals surface area contributed by atoms with E-state index in [0.717, 1.165) is 16.2 Å². The Hall–Kier alpha value is -2.90. The van der Waals surface area contributed by atoms with Crippen molar-refractivity contribution in [2.24, 2.45) is 0 Å². The topological polar surface area (TPSA) is 72.3 Å². The van der Waals surface area contributed by atoms with Crippen molar-refractivity contribution in [1.29, 1.82) is 0 Å². The lowest BCUT2D eigenvalue weighted by Crippen LogP contribution is -3.14. The van der Waals surface area contributed by atoms with E-state index in [1.165, 1.54) is 0 Å². The van der Waals surface area contributed by atoms with Gasteiger partial charge in [-0.3, -0.25) is 9.59 Å². The zero-order chi connectivity index (χ0) is 21.3. The minimum Gasteiger partial charge on any atom is -0.497 e. The molecule has 0 aromatic heterocycles. The van der Waals surface area contributed by atoms with Crippen LogP contribution in [-0.2, 0) is 14.3 Å². The normalized spacial score (nSPS) is 15.9. The van der Waals surface area contributed by atoms with Gasteiger partial charge in [-0.2, -0.15) is 0 Å². The summed E-state index contributed by atoms with van der Waals surface area (Å²) in [7, 11) is 1.60. The van der Waals surface area contributed by atoms with Crippen molar-refractivity contribution in [1.82, 2.24) is 4.90 Å². The van der Waals surface area contributed by atoms with E-state index in [9.17, 15) is 9.59 Å². The van der Waals surface area contributed by atoms with E-state index in [1.807, 2.05) is 42.2 Å². The standard InChI is InChI=1S/C23H29N3O4/c1-3-25(17-21(27)24-19-9-11-20(29-2)12-10-19)22(18-7-5-4-6-8-18)23(28)26-13-15-30-16-14-26/h4-12,22H,3,13-17H2,1-2H3,(H,24,27)/p+1/t22-/m1/s1. The predicted octanol–water partition coefficient (Wildman–Crippen LogP) is 1.14. The van der Waals surface area contributed by atoms with E-state index in [4.69, 9.17) is 9.47 Å². The van der Waals surface area contributed by atoms with Crippen molar-refractivity contribution in [2.45, 2.75) is 13.0 Å². The molecule has 0 spiro atoms. The van der Waals surface area contributed by atoms with Gasteiger partial charge in [0.05, 0.1) is 26.9 Å². The molecule has 2 amide bonds. The van der Waals surface area contributed by atoms with Gasteiger partial charge < -0.3 is 24.6 Å². The van der Waals surface area contributed by atoms with E-state index in [1.54, 1.807) is 31.4 Å².